The molecular weight excluding hydrogens is 631 g/mol. The third kappa shape index (κ3) is 8.19. The maximum absolute atomic E-state index is 14.2. The number of carbonyl (C=O) groups excluding carboxylic acids is 2. The van der Waals surface area contributed by atoms with Gasteiger partial charge in [0.15, 0.2) is 0 Å². The Kier molecular flexibility index (Phi) is 11.6. The molecule has 0 aromatic heterocycles. The van der Waals surface area contributed by atoms with Gasteiger partial charge in [-0.05, 0) is 69.2 Å². The van der Waals surface area contributed by atoms with Crippen LogP contribution in [0, 0.1) is 17.0 Å². The monoisotopic (exact) mass is 664 g/mol. The van der Waals surface area contributed by atoms with Gasteiger partial charge in [0, 0.05) is 34.3 Å². The lowest BCUT2D eigenvalue weighted by molar-refractivity contribution is -0.385. The van der Waals surface area contributed by atoms with E-state index in [-0.39, 0.29) is 34.6 Å². The number of nitro groups is 1. The fourth-order valence-corrected chi connectivity index (χ4v) is 6.14. The first-order chi connectivity index (χ1) is 20.7. The molecule has 44 heavy (non-hydrogen) atoms. The number of sulfonamides is 1. The molecule has 2 amide bonds. The van der Waals surface area contributed by atoms with Crippen molar-refractivity contribution in [1.29, 1.82) is 0 Å². The summed E-state index contributed by atoms with van der Waals surface area (Å²) < 4.78 is 34.6. The minimum absolute atomic E-state index is 0.0644. The highest BCUT2D eigenvalue weighted by molar-refractivity contribution is 7.92. The van der Waals surface area contributed by atoms with Crippen molar-refractivity contribution in [2.24, 2.45) is 0 Å². The topological polar surface area (TPSA) is 139 Å². The van der Waals surface area contributed by atoms with Crippen LogP contribution in [0.1, 0.15) is 38.3 Å². The Morgan fingerprint density at radius 1 is 1.05 bits per heavy atom. The van der Waals surface area contributed by atoms with Crippen LogP contribution in [0.15, 0.2) is 65.6 Å². The summed E-state index contributed by atoms with van der Waals surface area (Å²) in [4.78, 5) is 39.1. The largest absolute Gasteiger partial charge is 0.495 e. The number of amides is 2. The summed E-state index contributed by atoms with van der Waals surface area (Å²) in [6.45, 7) is 5.90. The number of nitrogens with zero attached hydrogens (tertiary/aromatic N) is 3. The van der Waals surface area contributed by atoms with Gasteiger partial charge < -0.3 is 15.0 Å². The van der Waals surface area contributed by atoms with Crippen LogP contribution in [0.5, 0.6) is 5.75 Å². The number of nitro benzene ring substituents is 1. The van der Waals surface area contributed by atoms with Gasteiger partial charge in [-0.3, -0.25) is 24.0 Å². The molecule has 2 atom stereocenters. The lowest BCUT2D eigenvalue weighted by Crippen LogP contribution is -2.52. The number of rotatable bonds is 13. The molecule has 0 spiro atoms. The Morgan fingerprint density at radius 3 is 2.34 bits per heavy atom. The quantitative estimate of drug-likeness (QED) is 0.181. The van der Waals surface area contributed by atoms with Crippen molar-refractivity contribution in [3.63, 3.8) is 0 Å². The molecular formula is C30H34Cl2N4O7S. The maximum atomic E-state index is 14.2. The first-order valence-electron chi connectivity index (χ1n) is 13.6. The van der Waals surface area contributed by atoms with Crippen LogP contribution in [-0.4, -0.2) is 55.8 Å². The van der Waals surface area contributed by atoms with E-state index in [4.69, 9.17) is 27.9 Å². The zero-order valence-corrected chi connectivity index (χ0v) is 27.2. The van der Waals surface area contributed by atoms with E-state index in [9.17, 15) is 28.1 Å². The number of nitrogens with one attached hydrogen (secondary N) is 1. The average molecular weight is 666 g/mol. The first-order valence-corrected chi connectivity index (χ1v) is 15.8. The van der Waals surface area contributed by atoms with Gasteiger partial charge in [0.25, 0.3) is 15.7 Å². The van der Waals surface area contributed by atoms with Crippen molar-refractivity contribution >= 4 is 56.4 Å². The van der Waals surface area contributed by atoms with Gasteiger partial charge in [-0.2, -0.15) is 0 Å². The van der Waals surface area contributed by atoms with Crippen molar-refractivity contribution in [3.05, 3.63) is 92.0 Å². The van der Waals surface area contributed by atoms with Crippen LogP contribution in [0.4, 0.5) is 11.4 Å². The first kappa shape index (κ1) is 34.6. The van der Waals surface area contributed by atoms with Crippen LogP contribution < -0.4 is 14.4 Å². The predicted molar refractivity (Wildman–Crippen MR) is 170 cm³/mol. The summed E-state index contributed by atoms with van der Waals surface area (Å²) >= 11 is 12.4. The highest BCUT2D eigenvalue weighted by Crippen LogP contribution is 2.36. The van der Waals surface area contributed by atoms with Gasteiger partial charge in [-0.25, -0.2) is 8.42 Å². The van der Waals surface area contributed by atoms with Gasteiger partial charge in [0.2, 0.25) is 11.8 Å². The minimum Gasteiger partial charge on any atom is -0.495 e. The van der Waals surface area contributed by atoms with Crippen molar-refractivity contribution in [3.8, 4) is 5.75 Å². The second-order valence-electron chi connectivity index (χ2n) is 10.2. The molecule has 0 unspecified atom stereocenters. The van der Waals surface area contributed by atoms with Crippen molar-refractivity contribution in [2.45, 2.75) is 57.6 Å². The molecule has 11 nitrogen and oxygen atoms in total. The molecule has 0 saturated heterocycles. The Balaban J connectivity index is 2.16. The smallest absolute Gasteiger partial charge is 0.273 e. The summed E-state index contributed by atoms with van der Waals surface area (Å²) in [5.74, 6) is -1.08. The molecule has 0 saturated carbocycles. The standard InChI is InChI=1S/C30H34Cl2N4O7S/c1-6-20(3)33-30(38)21(4)34(17-22-8-7-9-23(31)14-22)29(37)18-35(27-15-24(32)11-13-28(27)43-5)44(41,42)25-12-10-19(2)26(16-25)36(39)40/h7-16,20-21H,6,17-18H2,1-5H3,(H,33,38)/t20-,21-/m1/s1. The predicted octanol–water partition coefficient (Wildman–Crippen LogP) is 5.75. The molecule has 3 rings (SSSR count). The number of ether oxygens (including phenoxy) is 1. The number of hydrogen-bond acceptors (Lipinski definition) is 7. The van der Waals surface area contributed by atoms with E-state index in [1.165, 1.54) is 49.3 Å². The normalized spacial score (nSPS) is 12.6. The average Bonchev–Trinajstić information content (AvgIpc) is 2.97. The van der Waals surface area contributed by atoms with Crippen LogP contribution >= 0.6 is 23.2 Å². The molecule has 236 valence electrons. The molecule has 0 heterocycles. The number of methoxy groups -OCH3 is 1. The van der Waals surface area contributed by atoms with Crippen LogP contribution in [0.3, 0.4) is 0 Å². The third-order valence-corrected chi connectivity index (χ3v) is 9.29. The van der Waals surface area contributed by atoms with Gasteiger partial charge in [-0.15, -0.1) is 0 Å². The van der Waals surface area contributed by atoms with Crippen molar-refractivity contribution in [2.75, 3.05) is 18.0 Å². The molecule has 0 aliphatic heterocycles. The van der Waals surface area contributed by atoms with Crippen LogP contribution in [0.2, 0.25) is 10.0 Å². The lowest BCUT2D eigenvalue weighted by Gasteiger charge is -2.33. The third-order valence-electron chi connectivity index (χ3n) is 7.06. The number of anilines is 1. The highest BCUT2D eigenvalue weighted by atomic mass is 35.5. The molecule has 0 fully saturated rings. The molecule has 14 heteroatoms. The van der Waals surface area contributed by atoms with Crippen molar-refractivity contribution in [1.82, 2.24) is 10.2 Å². The van der Waals surface area contributed by atoms with Gasteiger partial charge in [0.05, 0.1) is 22.6 Å². The SMILES string of the molecule is CC[C@@H](C)NC(=O)[C@@H](C)N(Cc1cccc(Cl)c1)C(=O)CN(c1cc(Cl)ccc1OC)S(=O)(=O)c1ccc(C)c([N+](=O)[O-])c1. The second-order valence-corrected chi connectivity index (χ2v) is 12.9. The number of hydrogen-bond donors (Lipinski definition) is 1. The Hall–Kier alpha value is -3.87. The zero-order valence-electron chi connectivity index (χ0n) is 24.9. The number of benzene rings is 3. The van der Waals surface area contributed by atoms with Gasteiger partial charge in [-0.1, -0.05) is 48.3 Å². The fraction of sp³-hybridized carbons (Fsp3) is 0.333. The van der Waals surface area contributed by atoms with E-state index < -0.39 is 49.9 Å². The van der Waals surface area contributed by atoms with Gasteiger partial charge >= 0.3 is 0 Å². The molecule has 3 aromatic carbocycles. The van der Waals surface area contributed by atoms with Crippen molar-refractivity contribution < 1.29 is 27.7 Å². The van der Waals surface area contributed by atoms with Gasteiger partial charge in [0.1, 0.15) is 18.3 Å². The summed E-state index contributed by atoms with van der Waals surface area (Å²) in [7, 11) is -3.31. The summed E-state index contributed by atoms with van der Waals surface area (Å²) in [5, 5.41) is 15.1. The number of aryl methyl sites for hydroxylation is 1. The second kappa shape index (κ2) is 14.7. The maximum Gasteiger partial charge on any atom is 0.273 e. The van der Waals surface area contributed by atoms with E-state index in [1.54, 1.807) is 31.2 Å². The lowest BCUT2D eigenvalue weighted by atomic mass is 10.1. The van der Waals surface area contributed by atoms with E-state index in [0.29, 0.717) is 17.0 Å². The molecule has 0 aliphatic carbocycles. The molecule has 0 radical (unpaired) electrons. The number of carbonyl (C=O) groups is 2. The molecule has 0 bridgehead atoms. The number of halogens is 2. The zero-order chi connectivity index (χ0) is 32.8. The minimum atomic E-state index is -4.63. The molecule has 3 aromatic rings. The molecule has 0 aliphatic rings. The Bertz CT molecular complexity index is 1650. The summed E-state index contributed by atoms with van der Waals surface area (Å²) in [6, 6.07) is 13.3. The Labute approximate surface area is 266 Å². The van der Waals surface area contributed by atoms with E-state index in [1.807, 2.05) is 13.8 Å². The van der Waals surface area contributed by atoms with E-state index >= 15 is 0 Å². The van der Waals surface area contributed by atoms with Crippen LogP contribution in [0.25, 0.3) is 0 Å². The van der Waals surface area contributed by atoms with Crippen LogP contribution in [-0.2, 0) is 26.2 Å². The molecule has 1 N–H and O–H groups in total. The summed E-state index contributed by atoms with van der Waals surface area (Å²) in [5.41, 5.74) is 0.382. The van der Waals surface area contributed by atoms with E-state index in [2.05, 4.69) is 5.32 Å². The Morgan fingerprint density at radius 2 is 1.73 bits per heavy atom. The summed E-state index contributed by atoms with van der Waals surface area (Å²) in [6.07, 6.45) is 0.657. The van der Waals surface area contributed by atoms with E-state index in [0.717, 1.165) is 10.4 Å². The highest BCUT2D eigenvalue weighted by Gasteiger charge is 2.35. The fourth-order valence-electron chi connectivity index (χ4n) is 4.33.